The molecule has 0 radical (unpaired) electrons. The Balaban J connectivity index is 3.20. The molecule has 0 heterocycles. The highest BCUT2D eigenvalue weighted by atomic mass is 16.5. The third-order valence-electron chi connectivity index (χ3n) is 8.63. The zero-order chi connectivity index (χ0) is 32.0. The number of hydrogen-bond acceptors (Lipinski definition) is 3. The van der Waals surface area contributed by atoms with Crippen LogP contribution >= 0.6 is 0 Å². The van der Waals surface area contributed by atoms with Crippen LogP contribution in [0.1, 0.15) is 212 Å². The third kappa shape index (κ3) is 38.4. The van der Waals surface area contributed by atoms with Crippen LogP contribution < -0.4 is 0 Å². The molecule has 0 bridgehead atoms. The first-order valence-electron chi connectivity index (χ1n) is 19.3. The van der Waals surface area contributed by atoms with E-state index in [-0.39, 0.29) is 5.97 Å². The predicted molar refractivity (Wildman–Crippen MR) is 190 cm³/mol. The number of unbranched alkanes of at least 4 members (excludes halogenated alkanes) is 26. The van der Waals surface area contributed by atoms with Crippen LogP contribution in [0.25, 0.3) is 0 Å². The van der Waals surface area contributed by atoms with Gasteiger partial charge in [-0.05, 0) is 51.4 Å². The van der Waals surface area contributed by atoms with Crippen molar-refractivity contribution in [1.29, 1.82) is 0 Å². The van der Waals surface area contributed by atoms with E-state index in [0.29, 0.717) is 19.4 Å². The average molecular weight is 619 g/mol. The Kier molecular flexibility index (Phi) is 36.3. The van der Waals surface area contributed by atoms with E-state index in [4.69, 9.17) is 9.84 Å². The predicted octanol–water partition coefficient (Wildman–Crippen LogP) is 13.2. The highest BCUT2D eigenvalue weighted by Crippen LogP contribution is 2.15. The van der Waals surface area contributed by atoms with Crippen molar-refractivity contribution in [3.63, 3.8) is 0 Å². The van der Waals surface area contributed by atoms with E-state index in [9.17, 15) is 9.59 Å². The summed E-state index contributed by atoms with van der Waals surface area (Å²) < 4.78 is 5.43. The fraction of sp³-hybridized carbons (Fsp3) is 0.850. The van der Waals surface area contributed by atoms with Crippen molar-refractivity contribution in [2.24, 2.45) is 0 Å². The monoisotopic (exact) mass is 619 g/mol. The molecule has 0 spiro atoms. The van der Waals surface area contributed by atoms with Crippen LogP contribution in [0.2, 0.25) is 0 Å². The van der Waals surface area contributed by atoms with Crippen LogP contribution in [0, 0.1) is 0 Å². The Morgan fingerprint density at radius 1 is 0.455 bits per heavy atom. The maximum atomic E-state index is 11.9. The molecule has 0 aromatic heterocycles. The Labute approximate surface area is 274 Å². The molecule has 0 rings (SSSR count). The van der Waals surface area contributed by atoms with Crippen LogP contribution in [-0.2, 0) is 14.3 Å². The van der Waals surface area contributed by atoms with Gasteiger partial charge >= 0.3 is 11.9 Å². The molecule has 0 aromatic carbocycles. The van der Waals surface area contributed by atoms with Gasteiger partial charge in [-0.25, -0.2) is 0 Å². The summed E-state index contributed by atoms with van der Waals surface area (Å²) in [6, 6.07) is 0. The molecule has 0 atom stereocenters. The lowest BCUT2D eigenvalue weighted by atomic mass is 10.0. The lowest BCUT2D eigenvalue weighted by Gasteiger charge is -2.06. The summed E-state index contributed by atoms with van der Waals surface area (Å²) in [4.78, 5) is 22.4. The molecule has 0 aliphatic rings. The van der Waals surface area contributed by atoms with Crippen molar-refractivity contribution in [3.8, 4) is 0 Å². The summed E-state index contributed by atoms with van der Waals surface area (Å²) in [5, 5.41) is 8.64. The molecule has 0 aromatic rings. The molecular formula is C40H74O4. The lowest BCUT2D eigenvalue weighted by Crippen LogP contribution is -2.05. The topological polar surface area (TPSA) is 63.6 Å². The second kappa shape index (κ2) is 37.6. The van der Waals surface area contributed by atoms with Gasteiger partial charge < -0.3 is 9.84 Å². The molecule has 0 unspecified atom stereocenters. The molecular weight excluding hydrogens is 544 g/mol. The first kappa shape index (κ1) is 42.4. The van der Waals surface area contributed by atoms with Gasteiger partial charge in [-0.3, -0.25) is 9.59 Å². The van der Waals surface area contributed by atoms with Crippen molar-refractivity contribution in [1.82, 2.24) is 0 Å². The van der Waals surface area contributed by atoms with E-state index in [1.165, 1.54) is 154 Å². The highest BCUT2D eigenvalue weighted by molar-refractivity contribution is 5.69. The number of rotatable bonds is 36. The standard InChI is InChI=1S/C40H74O4/c1-2-3-4-5-6-7-8-9-15-19-22-25-28-31-34-37-40(43)44-38-35-32-29-26-23-20-17-14-12-10-11-13-16-18-21-24-27-30-33-36-39(41)42/h6-7,9,15H,2-5,8,10-14,16-38H2,1H3,(H,41,42)/b7-6-,15-9-. The zero-order valence-electron chi connectivity index (χ0n) is 29.3. The van der Waals surface area contributed by atoms with Crippen LogP contribution in [0.4, 0.5) is 0 Å². The zero-order valence-corrected chi connectivity index (χ0v) is 29.3. The van der Waals surface area contributed by atoms with E-state index in [0.717, 1.165) is 38.5 Å². The maximum Gasteiger partial charge on any atom is 0.305 e. The number of carboxylic acids is 1. The van der Waals surface area contributed by atoms with E-state index in [2.05, 4.69) is 31.2 Å². The van der Waals surface area contributed by atoms with Crippen molar-refractivity contribution in [3.05, 3.63) is 24.3 Å². The Bertz CT molecular complexity index is 654. The first-order chi connectivity index (χ1) is 21.7. The number of hydrogen-bond donors (Lipinski definition) is 1. The molecule has 0 aliphatic carbocycles. The summed E-state index contributed by atoms with van der Waals surface area (Å²) in [6.45, 7) is 2.85. The normalized spacial score (nSPS) is 11.7. The minimum Gasteiger partial charge on any atom is -0.481 e. The minimum absolute atomic E-state index is 0.00240. The van der Waals surface area contributed by atoms with Gasteiger partial charge in [-0.1, -0.05) is 172 Å². The summed E-state index contributed by atoms with van der Waals surface area (Å²) in [6.07, 6.45) is 47.6. The quantitative estimate of drug-likeness (QED) is 0.0431. The van der Waals surface area contributed by atoms with Crippen molar-refractivity contribution < 1.29 is 19.4 Å². The largest absolute Gasteiger partial charge is 0.481 e. The van der Waals surface area contributed by atoms with Gasteiger partial charge in [0, 0.05) is 12.8 Å². The number of carboxylic acid groups (broad SMARTS) is 1. The molecule has 4 heteroatoms. The summed E-state index contributed by atoms with van der Waals surface area (Å²) in [5.41, 5.74) is 0. The van der Waals surface area contributed by atoms with Gasteiger partial charge in [0.05, 0.1) is 6.61 Å². The van der Waals surface area contributed by atoms with Gasteiger partial charge in [0.25, 0.3) is 0 Å². The second-order valence-electron chi connectivity index (χ2n) is 13.1. The molecule has 1 N–H and O–H groups in total. The van der Waals surface area contributed by atoms with Crippen LogP contribution in [0.5, 0.6) is 0 Å². The fourth-order valence-corrected chi connectivity index (χ4v) is 5.72. The average Bonchev–Trinajstić information content (AvgIpc) is 3.01. The van der Waals surface area contributed by atoms with E-state index >= 15 is 0 Å². The van der Waals surface area contributed by atoms with E-state index < -0.39 is 5.97 Å². The Morgan fingerprint density at radius 3 is 1.25 bits per heavy atom. The lowest BCUT2D eigenvalue weighted by molar-refractivity contribution is -0.144. The van der Waals surface area contributed by atoms with Gasteiger partial charge in [-0.15, -0.1) is 0 Å². The first-order valence-corrected chi connectivity index (χ1v) is 19.3. The summed E-state index contributed by atoms with van der Waals surface area (Å²) >= 11 is 0. The van der Waals surface area contributed by atoms with Crippen LogP contribution in [0.15, 0.2) is 24.3 Å². The molecule has 44 heavy (non-hydrogen) atoms. The van der Waals surface area contributed by atoms with Crippen molar-refractivity contribution >= 4 is 11.9 Å². The molecule has 0 amide bonds. The maximum absolute atomic E-state index is 11.9. The molecule has 0 saturated carbocycles. The van der Waals surface area contributed by atoms with E-state index in [1.807, 2.05) is 0 Å². The Morgan fingerprint density at radius 2 is 0.818 bits per heavy atom. The molecule has 258 valence electrons. The molecule has 0 saturated heterocycles. The Hall–Kier alpha value is -1.58. The van der Waals surface area contributed by atoms with Crippen molar-refractivity contribution in [2.75, 3.05) is 6.61 Å². The summed E-state index contributed by atoms with van der Waals surface area (Å²) in [5.74, 6) is -0.664. The molecule has 0 aliphatic heterocycles. The fourth-order valence-electron chi connectivity index (χ4n) is 5.72. The summed E-state index contributed by atoms with van der Waals surface area (Å²) in [7, 11) is 0. The smallest absolute Gasteiger partial charge is 0.305 e. The third-order valence-corrected chi connectivity index (χ3v) is 8.63. The molecule has 4 nitrogen and oxygen atoms in total. The second-order valence-corrected chi connectivity index (χ2v) is 13.1. The van der Waals surface area contributed by atoms with Gasteiger partial charge in [0.2, 0.25) is 0 Å². The SMILES string of the molecule is CCCCC/C=C\C/C=C\CCCCCCCC(=O)OCCCCCCCCCCCCCCCCCCCCCC(=O)O. The van der Waals surface area contributed by atoms with Gasteiger partial charge in [0.1, 0.15) is 0 Å². The number of allylic oxidation sites excluding steroid dienone is 4. The number of ether oxygens (including phenoxy) is 1. The number of carbonyl (C=O) groups excluding carboxylic acids is 1. The van der Waals surface area contributed by atoms with Gasteiger partial charge in [0.15, 0.2) is 0 Å². The van der Waals surface area contributed by atoms with Gasteiger partial charge in [-0.2, -0.15) is 0 Å². The minimum atomic E-state index is -0.661. The highest BCUT2D eigenvalue weighted by Gasteiger charge is 2.03. The van der Waals surface area contributed by atoms with Crippen LogP contribution in [0.3, 0.4) is 0 Å². The van der Waals surface area contributed by atoms with Crippen molar-refractivity contribution in [2.45, 2.75) is 212 Å². The number of esters is 1. The van der Waals surface area contributed by atoms with Crippen LogP contribution in [-0.4, -0.2) is 23.7 Å². The number of aliphatic carboxylic acids is 1. The molecule has 0 fully saturated rings. The van der Waals surface area contributed by atoms with E-state index in [1.54, 1.807) is 0 Å². The number of carbonyl (C=O) groups is 2.